The van der Waals surface area contributed by atoms with Crippen molar-refractivity contribution in [1.82, 2.24) is 0 Å². The summed E-state index contributed by atoms with van der Waals surface area (Å²) in [5, 5.41) is 0. The van der Waals surface area contributed by atoms with Crippen molar-refractivity contribution in [3.63, 3.8) is 0 Å². The first-order chi connectivity index (χ1) is 10.7. The van der Waals surface area contributed by atoms with Crippen LogP contribution in [0.4, 0.5) is 0 Å². The minimum absolute atomic E-state index is 0.0828. The first-order valence-electron chi connectivity index (χ1n) is 9.25. The molecule has 0 radical (unpaired) electrons. The van der Waals surface area contributed by atoms with Gasteiger partial charge in [-0.25, -0.2) is 0 Å². The number of hydrogen-bond donors (Lipinski definition) is 0. The van der Waals surface area contributed by atoms with E-state index in [1.807, 2.05) is 0 Å². The Morgan fingerprint density at radius 1 is 0.955 bits per heavy atom. The minimum atomic E-state index is -0.0828. The van der Waals surface area contributed by atoms with Crippen molar-refractivity contribution in [2.45, 2.75) is 90.4 Å². The molecule has 0 bridgehead atoms. The zero-order valence-corrected chi connectivity index (χ0v) is 14.9. The van der Waals surface area contributed by atoms with Gasteiger partial charge in [-0.05, 0) is 25.7 Å². The van der Waals surface area contributed by atoms with Crippen LogP contribution in [0.15, 0.2) is 12.2 Å². The van der Waals surface area contributed by atoms with Gasteiger partial charge in [-0.15, -0.1) is 0 Å². The summed E-state index contributed by atoms with van der Waals surface area (Å²) in [7, 11) is 1.46. The fraction of sp³-hybridized carbons (Fsp3) is 0.800. The van der Waals surface area contributed by atoms with Crippen LogP contribution in [0.25, 0.3) is 0 Å². The van der Waals surface area contributed by atoms with E-state index in [0.717, 1.165) is 12.8 Å². The topological polar surface area (TPSA) is 26.3 Å². The van der Waals surface area contributed by atoms with Crippen LogP contribution in [0.2, 0.25) is 0 Å². The van der Waals surface area contributed by atoms with Crippen molar-refractivity contribution < 1.29 is 9.53 Å². The highest BCUT2D eigenvalue weighted by atomic mass is 16.5. The van der Waals surface area contributed by atoms with Gasteiger partial charge in [-0.1, -0.05) is 70.4 Å². The number of hydrogen-bond acceptors (Lipinski definition) is 2. The van der Waals surface area contributed by atoms with Gasteiger partial charge in [-0.3, -0.25) is 4.79 Å². The van der Waals surface area contributed by atoms with Crippen molar-refractivity contribution in [3.05, 3.63) is 19.1 Å². The van der Waals surface area contributed by atoms with E-state index < -0.39 is 0 Å². The molecule has 0 aliphatic heterocycles. The van der Waals surface area contributed by atoms with Crippen molar-refractivity contribution in [2.24, 2.45) is 5.92 Å². The molecule has 0 aliphatic carbocycles. The van der Waals surface area contributed by atoms with E-state index in [-0.39, 0.29) is 5.97 Å². The van der Waals surface area contributed by atoms with E-state index in [1.54, 1.807) is 0 Å². The summed E-state index contributed by atoms with van der Waals surface area (Å²) in [5.41, 5.74) is 0. The van der Waals surface area contributed by atoms with Gasteiger partial charge < -0.3 is 11.7 Å². The fourth-order valence-corrected chi connectivity index (χ4v) is 2.56. The molecule has 0 aromatic rings. The van der Waals surface area contributed by atoms with Crippen molar-refractivity contribution in [3.8, 4) is 0 Å². The Balaban J connectivity index is 3.28. The Morgan fingerprint density at radius 3 is 2.36 bits per heavy atom. The van der Waals surface area contributed by atoms with E-state index in [4.69, 9.17) is 0 Å². The number of rotatable bonds is 15. The number of ether oxygens (including phenoxy) is 1. The number of carbonyl (C=O) groups is 1. The number of allylic oxidation sites excluding steroid dienone is 2. The summed E-state index contributed by atoms with van der Waals surface area (Å²) >= 11 is 0. The van der Waals surface area contributed by atoms with Gasteiger partial charge in [0.15, 0.2) is 0 Å². The van der Waals surface area contributed by atoms with E-state index in [1.165, 1.54) is 71.3 Å². The molecule has 0 saturated carbocycles. The van der Waals surface area contributed by atoms with Crippen LogP contribution >= 0.6 is 0 Å². The minimum Gasteiger partial charge on any atom is -0.469 e. The zero-order chi connectivity index (χ0) is 16.5. The number of unbranched alkanes of at least 4 members (excludes halogenated alkanes) is 7. The van der Waals surface area contributed by atoms with E-state index in [2.05, 4.69) is 30.7 Å². The third-order valence-electron chi connectivity index (χ3n) is 4.10. The zero-order valence-electron chi connectivity index (χ0n) is 14.9. The van der Waals surface area contributed by atoms with Crippen LogP contribution < -0.4 is 0 Å². The molecular weight excluding hydrogens is 272 g/mol. The monoisotopic (exact) mass is 309 g/mol. The van der Waals surface area contributed by atoms with Crippen LogP contribution in [-0.4, -0.2) is 13.1 Å². The van der Waals surface area contributed by atoms with Gasteiger partial charge in [-0.2, -0.15) is 5.92 Å². The molecule has 2 heteroatoms. The molecule has 130 valence electrons. The Labute approximate surface area is 138 Å². The van der Waals surface area contributed by atoms with Crippen LogP contribution in [0, 0.1) is 12.8 Å². The second-order valence-corrected chi connectivity index (χ2v) is 6.29. The fourth-order valence-electron chi connectivity index (χ4n) is 2.56. The molecule has 0 N–H and O–H groups in total. The van der Waals surface area contributed by atoms with Gasteiger partial charge in [0.25, 0.3) is 0 Å². The maximum atomic E-state index is 11.0. The van der Waals surface area contributed by atoms with Gasteiger partial charge in [0, 0.05) is 6.42 Å². The lowest BCUT2D eigenvalue weighted by molar-refractivity contribution is -0.140. The van der Waals surface area contributed by atoms with Crippen molar-refractivity contribution >= 4 is 5.97 Å². The molecule has 1 unspecified atom stereocenters. The van der Waals surface area contributed by atoms with Gasteiger partial charge in [0.2, 0.25) is 0 Å². The smallest absolute Gasteiger partial charge is 0.305 e. The first-order valence-corrected chi connectivity index (χ1v) is 9.25. The number of carbonyl (C=O) groups excluding carboxylic acids is 1. The highest BCUT2D eigenvalue weighted by Crippen LogP contribution is 2.16. The SMILES string of the molecule is [CH2-]C(CC/C=C/CCCCC)CCCCCCCC(=O)OC. The van der Waals surface area contributed by atoms with Gasteiger partial charge in [0.05, 0.1) is 7.11 Å². The summed E-state index contributed by atoms with van der Waals surface area (Å²) in [5.74, 6) is 0.510. The van der Waals surface area contributed by atoms with Crippen LogP contribution in [0.1, 0.15) is 90.4 Å². The van der Waals surface area contributed by atoms with E-state index in [9.17, 15) is 4.79 Å². The van der Waals surface area contributed by atoms with Crippen LogP contribution in [0.5, 0.6) is 0 Å². The van der Waals surface area contributed by atoms with Gasteiger partial charge >= 0.3 is 5.97 Å². The summed E-state index contributed by atoms with van der Waals surface area (Å²) in [6.07, 6.45) is 19.9. The molecule has 0 aromatic carbocycles. The molecule has 0 rings (SSSR count). The van der Waals surface area contributed by atoms with E-state index in [0.29, 0.717) is 12.3 Å². The van der Waals surface area contributed by atoms with Crippen LogP contribution in [-0.2, 0) is 9.53 Å². The van der Waals surface area contributed by atoms with Crippen molar-refractivity contribution in [2.75, 3.05) is 7.11 Å². The number of methoxy groups -OCH3 is 1. The maximum absolute atomic E-state index is 11.0. The van der Waals surface area contributed by atoms with Gasteiger partial charge in [0.1, 0.15) is 0 Å². The quantitative estimate of drug-likeness (QED) is 0.154. The standard InChI is InChI=1S/C20H37O2/c1-4-5-6-7-8-10-13-16-19(2)17-14-11-9-12-15-18-20(21)22-3/h8,10,19H,2,4-7,9,11-18H2,1,3H3/q-1/b10-8+. The summed E-state index contributed by atoms with van der Waals surface area (Å²) in [4.78, 5) is 11.0. The Hall–Kier alpha value is -0.790. The largest absolute Gasteiger partial charge is 0.469 e. The third-order valence-corrected chi connectivity index (χ3v) is 4.10. The molecule has 0 aromatic heterocycles. The molecule has 1 atom stereocenters. The lowest BCUT2D eigenvalue weighted by Crippen LogP contribution is -1.99. The third kappa shape index (κ3) is 15.6. The molecule has 0 heterocycles. The Bertz CT molecular complexity index is 271. The molecule has 0 amide bonds. The lowest BCUT2D eigenvalue weighted by Gasteiger charge is -2.16. The molecule has 0 spiro atoms. The van der Waals surface area contributed by atoms with E-state index >= 15 is 0 Å². The highest BCUT2D eigenvalue weighted by Gasteiger charge is 1.99. The number of esters is 1. The lowest BCUT2D eigenvalue weighted by atomic mass is 9.97. The average Bonchev–Trinajstić information content (AvgIpc) is 2.52. The average molecular weight is 310 g/mol. The normalized spacial score (nSPS) is 12.7. The molecule has 22 heavy (non-hydrogen) atoms. The Kier molecular flexibility index (Phi) is 16.0. The molecule has 2 nitrogen and oxygen atoms in total. The predicted molar refractivity (Wildman–Crippen MR) is 95.7 cm³/mol. The Morgan fingerprint density at radius 2 is 1.64 bits per heavy atom. The summed E-state index contributed by atoms with van der Waals surface area (Å²) in [6, 6.07) is 0. The highest BCUT2D eigenvalue weighted by molar-refractivity contribution is 5.68. The summed E-state index contributed by atoms with van der Waals surface area (Å²) in [6.45, 7) is 6.50. The molecule has 0 fully saturated rings. The molecule has 0 aliphatic rings. The second-order valence-electron chi connectivity index (χ2n) is 6.29. The predicted octanol–water partition coefficient (Wildman–Crippen LogP) is 6.26. The molecule has 0 saturated heterocycles. The second kappa shape index (κ2) is 16.6. The maximum Gasteiger partial charge on any atom is 0.305 e. The van der Waals surface area contributed by atoms with Crippen molar-refractivity contribution in [1.29, 1.82) is 0 Å². The molecular formula is C20H37O2-. The first kappa shape index (κ1) is 21.2. The summed E-state index contributed by atoms with van der Waals surface area (Å²) < 4.78 is 4.63. The van der Waals surface area contributed by atoms with Crippen LogP contribution in [0.3, 0.4) is 0 Å².